The topological polar surface area (TPSA) is 71.3 Å². The van der Waals surface area contributed by atoms with Gasteiger partial charge in [-0.1, -0.05) is 12.1 Å². The maximum atomic E-state index is 13.0. The van der Waals surface area contributed by atoms with Gasteiger partial charge in [-0.3, -0.25) is 10.1 Å². The number of nitrogens with one attached hydrogen (secondary N) is 1. The van der Waals surface area contributed by atoms with Crippen molar-refractivity contribution in [3.63, 3.8) is 0 Å². The Bertz CT molecular complexity index is 794. The van der Waals surface area contributed by atoms with Gasteiger partial charge >= 0.3 is 11.9 Å². The van der Waals surface area contributed by atoms with E-state index in [1.165, 1.54) is 18.3 Å². The number of hydrogen-bond acceptors (Lipinski definition) is 5. The van der Waals surface area contributed by atoms with Crippen LogP contribution in [0.1, 0.15) is 22.7 Å². The van der Waals surface area contributed by atoms with Gasteiger partial charge in [-0.15, -0.1) is 0 Å². The van der Waals surface area contributed by atoms with Gasteiger partial charge in [0.25, 0.3) is 0 Å². The van der Waals surface area contributed by atoms with E-state index in [0.29, 0.717) is 11.1 Å². The van der Waals surface area contributed by atoms with Crippen molar-refractivity contribution >= 4 is 11.5 Å². The Kier molecular flexibility index (Phi) is 5.81. The lowest BCUT2D eigenvalue weighted by Crippen LogP contribution is -2.27. The zero-order chi connectivity index (χ0) is 19.5. The van der Waals surface area contributed by atoms with Crippen LogP contribution in [0.25, 0.3) is 0 Å². The Morgan fingerprint density at radius 2 is 2.00 bits per heavy atom. The highest BCUT2D eigenvalue weighted by Gasteiger charge is 2.31. The Hall–Kier alpha value is -2.68. The molecule has 1 aromatic heterocycles. The average Bonchev–Trinajstić information content (AvgIpc) is 2.54. The van der Waals surface area contributed by atoms with Crippen LogP contribution < -0.4 is 5.32 Å². The van der Waals surface area contributed by atoms with Crippen LogP contribution in [0.4, 0.5) is 24.7 Å². The molecule has 1 heterocycles. The molecule has 0 aliphatic heterocycles. The van der Waals surface area contributed by atoms with E-state index >= 15 is 0 Å². The van der Waals surface area contributed by atoms with Crippen molar-refractivity contribution < 1.29 is 18.1 Å². The van der Waals surface area contributed by atoms with Crippen molar-refractivity contribution in [1.82, 2.24) is 9.88 Å². The summed E-state index contributed by atoms with van der Waals surface area (Å²) in [6.45, 7) is 1.76. The third kappa shape index (κ3) is 4.48. The number of hydrogen-bond donors (Lipinski definition) is 1. The number of nitrogens with zero attached hydrogens (tertiary/aromatic N) is 3. The third-order valence-electron chi connectivity index (χ3n) is 3.99. The van der Waals surface area contributed by atoms with Crippen molar-refractivity contribution in [2.75, 3.05) is 26.0 Å². The first kappa shape index (κ1) is 19.6. The monoisotopic (exact) mass is 368 g/mol. The first-order valence-electron chi connectivity index (χ1n) is 7.78. The molecular weight excluding hydrogens is 349 g/mol. The van der Waals surface area contributed by atoms with Gasteiger partial charge in [0.05, 0.1) is 16.5 Å². The van der Waals surface area contributed by atoms with Crippen molar-refractivity contribution in [2.45, 2.75) is 19.1 Å². The highest BCUT2D eigenvalue weighted by atomic mass is 19.4. The predicted octanol–water partition coefficient (Wildman–Crippen LogP) is 4.03. The molecule has 1 aromatic carbocycles. The molecule has 2 aromatic rings. The molecule has 0 fully saturated rings. The molecule has 6 nitrogen and oxygen atoms in total. The summed E-state index contributed by atoms with van der Waals surface area (Å²) in [7, 11) is 3.45. The lowest BCUT2D eigenvalue weighted by atomic mass is 10.0. The number of benzene rings is 1. The third-order valence-corrected chi connectivity index (χ3v) is 3.99. The van der Waals surface area contributed by atoms with Gasteiger partial charge in [0.1, 0.15) is 0 Å². The van der Waals surface area contributed by atoms with Gasteiger partial charge < -0.3 is 10.2 Å². The first-order chi connectivity index (χ1) is 12.1. The quantitative estimate of drug-likeness (QED) is 0.616. The van der Waals surface area contributed by atoms with Crippen LogP contribution >= 0.6 is 0 Å². The summed E-state index contributed by atoms with van der Waals surface area (Å²) >= 11 is 0. The van der Waals surface area contributed by atoms with Crippen LogP contribution in [0.3, 0.4) is 0 Å². The highest BCUT2D eigenvalue weighted by Crippen LogP contribution is 2.32. The van der Waals surface area contributed by atoms with Crippen LogP contribution in [-0.4, -0.2) is 35.4 Å². The van der Waals surface area contributed by atoms with E-state index in [4.69, 9.17) is 0 Å². The number of anilines is 1. The first-order valence-corrected chi connectivity index (χ1v) is 7.78. The summed E-state index contributed by atoms with van der Waals surface area (Å²) in [6.07, 6.45) is -2.99. The van der Waals surface area contributed by atoms with E-state index in [-0.39, 0.29) is 18.1 Å². The standard InChI is InChI=1S/C17H19F3N4O2/c1-11-7-8-21-16(15(11)24(25)26)22-10-14(23(2)3)12-5-4-6-13(9-12)17(18,19)20/h4-9,14H,10H2,1-3H3,(H,21,22). The smallest absolute Gasteiger partial charge is 0.362 e. The van der Waals surface area contributed by atoms with Crippen LogP contribution in [0.15, 0.2) is 36.5 Å². The normalized spacial score (nSPS) is 12.9. The minimum atomic E-state index is -4.43. The number of rotatable bonds is 6. The second-order valence-electron chi connectivity index (χ2n) is 6.07. The average molecular weight is 368 g/mol. The molecule has 0 aliphatic rings. The Morgan fingerprint density at radius 1 is 1.31 bits per heavy atom. The fourth-order valence-electron chi connectivity index (χ4n) is 2.62. The molecule has 0 spiro atoms. The van der Waals surface area contributed by atoms with E-state index in [2.05, 4.69) is 10.3 Å². The van der Waals surface area contributed by atoms with Crippen molar-refractivity contribution in [3.05, 3.63) is 63.3 Å². The summed E-state index contributed by atoms with van der Waals surface area (Å²) in [4.78, 5) is 16.4. The highest BCUT2D eigenvalue weighted by molar-refractivity contribution is 5.59. The molecule has 140 valence electrons. The largest absolute Gasteiger partial charge is 0.416 e. The van der Waals surface area contributed by atoms with Crippen molar-refractivity contribution in [3.8, 4) is 0 Å². The fraction of sp³-hybridized carbons (Fsp3) is 0.353. The number of aromatic nitrogens is 1. The summed E-state index contributed by atoms with van der Waals surface area (Å²) in [6, 6.07) is 6.14. The summed E-state index contributed by atoms with van der Waals surface area (Å²) in [5, 5.41) is 14.1. The summed E-state index contributed by atoms with van der Waals surface area (Å²) in [5.41, 5.74) is 0.0242. The van der Waals surface area contributed by atoms with Gasteiger partial charge in [0, 0.05) is 18.3 Å². The Morgan fingerprint density at radius 3 is 2.58 bits per heavy atom. The number of halogens is 3. The lowest BCUT2D eigenvalue weighted by molar-refractivity contribution is -0.384. The zero-order valence-electron chi connectivity index (χ0n) is 14.5. The van der Waals surface area contributed by atoms with Crippen molar-refractivity contribution in [2.24, 2.45) is 0 Å². The van der Waals surface area contributed by atoms with Crippen LogP contribution in [0.2, 0.25) is 0 Å². The maximum absolute atomic E-state index is 13.0. The maximum Gasteiger partial charge on any atom is 0.416 e. The number of pyridine rings is 1. The van der Waals surface area contributed by atoms with Gasteiger partial charge in [0.2, 0.25) is 5.82 Å². The van der Waals surface area contributed by atoms with Gasteiger partial charge in [-0.2, -0.15) is 13.2 Å². The molecule has 1 unspecified atom stereocenters. The van der Waals surface area contributed by atoms with Gasteiger partial charge in [0.15, 0.2) is 0 Å². The number of nitro groups is 1. The fourth-order valence-corrected chi connectivity index (χ4v) is 2.62. The lowest BCUT2D eigenvalue weighted by Gasteiger charge is -2.26. The van der Waals surface area contributed by atoms with E-state index in [1.54, 1.807) is 32.0 Å². The number of aryl methyl sites for hydroxylation is 1. The molecule has 0 radical (unpaired) electrons. The molecule has 0 saturated carbocycles. The van der Waals surface area contributed by atoms with E-state index in [1.807, 2.05) is 0 Å². The second-order valence-corrected chi connectivity index (χ2v) is 6.07. The predicted molar refractivity (Wildman–Crippen MR) is 92.0 cm³/mol. The van der Waals surface area contributed by atoms with Gasteiger partial charge in [-0.25, -0.2) is 4.98 Å². The van der Waals surface area contributed by atoms with Gasteiger partial charge in [-0.05, 0) is 44.8 Å². The van der Waals surface area contributed by atoms with Crippen LogP contribution in [0.5, 0.6) is 0 Å². The van der Waals surface area contributed by atoms with E-state index < -0.39 is 22.7 Å². The molecular formula is C17H19F3N4O2. The van der Waals surface area contributed by atoms with E-state index in [9.17, 15) is 23.3 Å². The number of alkyl halides is 3. The molecule has 2 rings (SSSR count). The second kappa shape index (κ2) is 7.69. The minimum absolute atomic E-state index is 0.0915. The number of likely N-dealkylation sites (N-methyl/N-ethyl adjacent to an activating group) is 1. The van der Waals surface area contributed by atoms with E-state index in [0.717, 1.165) is 12.1 Å². The van der Waals surface area contributed by atoms with Crippen molar-refractivity contribution in [1.29, 1.82) is 0 Å². The molecule has 0 aliphatic carbocycles. The molecule has 1 N–H and O–H groups in total. The summed E-state index contributed by atoms with van der Waals surface area (Å²) < 4.78 is 38.9. The molecule has 26 heavy (non-hydrogen) atoms. The Balaban J connectivity index is 2.29. The minimum Gasteiger partial charge on any atom is -0.362 e. The molecule has 0 saturated heterocycles. The summed E-state index contributed by atoms with van der Waals surface area (Å²) in [5.74, 6) is 0.0915. The SMILES string of the molecule is Cc1ccnc(NCC(c2cccc(C(F)(F)F)c2)N(C)C)c1[N+](=O)[O-]. The molecule has 9 heteroatoms. The van der Waals surface area contributed by atoms with Crippen LogP contribution in [0, 0.1) is 17.0 Å². The van der Waals surface area contributed by atoms with Crippen LogP contribution in [-0.2, 0) is 6.18 Å². The molecule has 1 atom stereocenters. The molecule has 0 bridgehead atoms. The Labute approximate surface area is 148 Å². The zero-order valence-corrected chi connectivity index (χ0v) is 14.5. The molecule has 0 amide bonds.